The summed E-state index contributed by atoms with van der Waals surface area (Å²) in [7, 11) is -3.42. The number of benzene rings is 3. The van der Waals surface area contributed by atoms with E-state index in [2.05, 4.69) is 39.8 Å². The summed E-state index contributed by atoms with van der Waals surface area (Å²) in [5, 5.41) is 0. The molecule has 3 rings (SSSR count). The van der Waals surface area contributed by atoms with E-state index in [-0.39, 0.29) is 0 Å². The summed E-state index contributed by atoms with van der Waals surface area (Å²) in [4.78, 5) is 0.720. The maximum Gasteiger partial charge on any atom is 0.206 e. The molecule has 0 N–H and O–H groups in total. The molecule has 0 aliphatic rings. The van der Waals surface area contributed by atoms with E-state index in [0.29, 0.717) is 9.79 Å². The molecule has 0 saturated heterocycles. The number of rotatable bonds is 2. The first-order valence-corrected chi connectivity index (χ1v) is 11.4. The van der Waals surface area contributed by atoms with Gasteiger partial charge in [0.15, 0.2) is 0 Å². The van der Waals surface area contributed by atoms with Crippen LogP contribution in [-0.2, 0) is 9.84 Å². The van der Waals surface area contributed by atoms with Gasteiger partial charge in [0, 0.05) is 0 Å². The molecule has 29 heavy (non-hydrogen) atoms. The second-order valence-corrected chi connectivity index (χ2v) is 9.97. The van der Waals surface area contributed by atoms with Gasteiger partial charge in [-0.2, -0.15) is 0 Å². The topological polar surface area (TPSA) is 34.1 Å². The van der Waals surface area contributed by atoms with Gasteiger partial charge in [0.05, 0.1) is 9.79 Å². The van der Waals surface area contributed by atoms with Crippen molar-refractivity contribution in [2.45, 2.75) is 65.2 Å². The van der Waals surface area contributed by atoms with E-state index in [1.807, 2.05) is 39.8 Å². The lowest BCUT2D eigenvalue weighted by Crippen LogP contribution is -2.03. The number of sulfone groups is 1. The third-order valence-electron chi connectivity index (χ3n) is 5.69. The van der Waals surface area contributed by atoms with Crippen LogP contribution in [0.25, 0.3) is 0 Å². The second-order valence-electron chi connectivity index (χ2n) is 8.02. The van der Waals surface area contributed by atoms with Crippen molar-refractivity contribution in [1.29, 1.82) is 0 Å². The first kappa shape index (κ1) is 22.9. The van der Waals surface area contributed by atoms with Crippen molar-refractivity contribution in [3.8, 4) is 0 Å². The highest BCUT2D eigenvalue weighted by Gasteiger charge is 2.18. The summed E-state index contributed by atoms with van der Waals surface area (Å²) in [5.41, 5.74) is 9.74. The molecule has 3 heteroatoms. The first-order chi connectivity index (χ1) is 13.4. The summed E-state index contributed by atoms with van der Waals surface area (Å²) >= 11 is 0. The molecule has 0 saturated carbocycles. The Morgan fingerprint density at radius 1 is 0.414 bits per heavy atom. The molecule has 2 nitrogen and oxygen atoms in total. The zero-order chi connectivity index (χ0) is 21.9. The average molecular weight is 409 g/mol. The van der Waals surface area contributed by atoms with Crippen molar-refractivity contribution in [3.05, 3.63) is 93.0 Å². The summed E-state index contributed by atoms with van der Waals surface area (Å²) < 4.78 is 25.1. The summed E-state index contributed by atoms with van der Waals surface area (Å²) in [6, 6.07) is 15.0. The Kier molecular flexibility index (Phi) is 7.07. The third kappa shape index (κ3) is 5.36. The monoisotopic (exact) mass is 408 g/mol. The molecular weight excluding hydrogens is 376 g/mol. The molecule has 0 aliphatic carbocycles. The van der Waals surface area contributed by atoms with Crippen molar-refractivity contribution in [2.75, 3.05) is 0 Å². The van der Waals surface area contributed by atoms with Crippen LogP contribution in [0.2, 0.25) is 0 Å². The fourth-order valence-electron chi connectivity index (χ4n) is 3.00. The van der Waals surface area contributed by atoms with Crippen molar-refractivity contribution >= 4 is 9.84 Å². The smallest absolute Gasteiger partial charge is 0.206 e. The highest BCUT2D eigenvalue weighted by atomic mass is 32.2. The lowest BCUT2D eigenvalue weighted by atomic mass is 10.0. The molecule has 0 aliphatic heterocycles. The minimum atomic E-state index is -3.42. The van der Waals surface area contributed by atoms with Crippen LogP contribution < -0.4 is 0 Å². The zero-order valence-electron chi connectivity index (χ0n) is 18.8. The predicted octanol–water partition coefficient (Wildman–Crippen LogP) is 6.67. The molecule has 0 spiro atoms. The second kappa shape index (κ2) is 8.96. The van der Waals surface area contributed by atoms with Crippen LogP contribution in [0.3, 0.4) is 0 Å². The van der Waals surface area contributed by atoms with Crippen LogP contribution >= 0.6 is 0 Å². The van der Waals surface area contributed by atoms with E-state index in [9.17, 15) is 8.42 Å². The van der Waals surface area contributed by atoms with Crippen LogP contribution in [0.4, 0.5) is 0 Å². The quantitative estimate of drug-likeness (QED) is 0.474. The van der Waals surface area contributed by atoms with Crippen molar-refractivity contribution < 1.29 is 8.42 Å². The molecule has 3 aromatic rings. The lowest BCUT2D eigenvalue weighted by molar-refractivity contribution is 0.596. The van der Waals surface area contributed by atoms with Gasteiger partial charge < -0.3 is 0 Å². The molecule has 0 aromatic heterocycles. The third-order valence-corrected chi connectivity index (χ3v) is 7.44. The van der Waals surface area contributed by atoms with E-state index in [4.69, 9.17) is 0 Å². The normalized spacial score (nSPS) is 11.0. The Hall–Kier alpha value is -2.39. The van der Waals surface area contributed by atoms with Crippen LogP contribution in [-0.4, -0.2) is 8.42 Å². The standard InChI is InChI=1S/C16H18O2S.C10H14/c1-11-5-7-15(9-13(11)3)19(17,18)16-8-6-12(2)14(4)10-16;1-7-5-9(3)10(4)6-8(7)2/h5-10H,1-4H3;5-6H,1-4H3. The van der Waals surface area contributed by atoms with E-state index in [0.717, 1.165) is 22.3 Å². The van der Waals surface area contributed by atoms with E-state index in [1.165, 1.54) is 22.3 Å². The highest BCUT2D eigenvalue weighted by molar-refractivity contribution is 7.91. The van der Waals surface area contributed by atoms with Crippen LogP contribution in [0, 0.1) is 55.4 Å². The molecule has 154 valence electrons. The zero-order valence-corrected chi connectivity index (χ0v) is 19.7. The van der Waals surface area contributed by atoms with Gasteiger partial charge in [0.2, 0.25) is 9.84 Å². The SMILES string of the molecule is Cc1cc(C)c(C)cc1C.Cc1ccc(S(=O)(=O)c2ccc(C)c(C)c2)cc1C. The molecule has 0 radical (unpaired) electrons. The molecule has 0 unspecified atom stereocenters. The molecular formula is C26H32O2S. The first-order valence-electron chi connectivity index (χ1n) is 9.87. The molecule has 3 aromatic carbocycles. The van der Waals surface area contributed by atoms with Crippen molar-refractivity contribution in [3.63, 3.8) is 0 Å². The minimum absolute atomic E-state index is 0.360. The summed E-state index contributed by atoms with van der Waals surface area (Å²) in [6.45, 7) is 16.4. The van der Waals surface area contributed by atoms with Gasteiger partial charge in [0.25, 0.3) is 0 Å². The average Bonchev–Trinajstić information content (AvgIpc) is 2.65. The van der Waals surface area contributed by atoms with E-state index >= 15 is 0 Å². The Morgan fingerprint density at radius 3 is 0.966 bits per heavy atom. The predicted molar refractivity (Wildman–Crippen MR) is 123 cm³/mol. The molecule has 0 amide bonds. The highest BCUT2D eigenvalue weighted by Crippen LogP contribution is 2.24. The number of hydrogen-bond acceptors (Lipinski definition) is 2. The fraction of sp³-hybridized carbons (Fsp3) is 0.308. The maximum atomic E-state index is 12.6. The number of aryl methyl sites for hydroxylation is 8. The Morgan fingerprint density at radius 2 is 0.690 bits per heavy atom. The Bertz CT molecular complexity index is 1030. The van der Waals surface area contributed by atoms with Gasteiger partial charge in [-0.25, -0.2) is 8.42 Å². The van der Waals surface area contributed by atoms with Gasteiger partial charge in [-0.3, -0.25) is 0 Å². The van der Waals surface area contributed by atoms with Crippen molar-refractivity contribution in [2.24, 2.45) is 0 Å². The Labute approximate surface area is 176 Å². The van der Waals surface area contributed by atoms with Gasteiger partial charge in [-0.15, -0.1) is 0 Å². The lowest BCUT2D eigenvalue weighted by Gasteiger charge is -2.09. The minimum Gasteiger partial charge on any atom is -0.219 e. The van der Waals surface area contributed by atoms with Crippen LogP contribution in [0.15, 0.2) is 58.3 Å². The van der Waals surface area contributed by atoms with Crippen molar-refractivity contribution in [1.82, 2.24) is 0 Å². The van der Waals surface area contributed by atoms with E-state index < -0.39 is 9.84 Å². The van der Waals surface area contributed by atoms with Gasteiger partial charge in [0.1, 0.15) is 0 Å². The van der Waals surface area contributed by atoms with E-state index in [1.54, 1.807) is 24.3 Å². The summed E-state index contributed by atoms with van der Waals surface area (Å²) in [6.07, 6.45) is 0. The van der Waals surface area contributed by atoms with Gasteiger partial charge >= 0.3 is 0 Å². The fourth-order valence-corrected chi connectivity index (χ4v) is 4.43. The van der Waals surface area contributed by atoms with Crippen LogP contribution in [0.5, 0.6) is 0 Å². The van der Waals surface area contributed by atoms with Gasteiger partial charge in [-0.1, -0.05) is 24.3 Å². The van der Waals surface area contributed by atoms with Gasteiger partial charge in [-0.05, 0) is 124 Å². The van der Waals surface area contributed by atoms with Crippen LogP contribution in [0.1, 0.15) is 44.5 Å². The molecule has 0 fully saturated rings. The molecule has 0 atom stereocenters. The number of hydrogen-bond donors (Lipinski definition) is 0. The summed E-state index contributed by atoms with van der Waals surface area (Å²) in [5.74, 6) is 0. The molecule has 0 bridgehead atoms. The molecule has 0 heterocycles. The Balaban J connectivity index is 0.000000253. The maximum absolute atomic E-state index is 12.6. The largest absolute Gasteiger partial charge is 0.219 e.